The largest absolute Gasteiger partial charge is 0.357 e. The van der Waals surface area contributed by atoms with Crippen molar-refractivity contribution in [2.45, 2.75) is 6.04 Å². The zero-order chi connectivity index (χ0) is 14.7. The van der Waals surface area contributed by atoms with Crippen LogP contribution < -0.4 is 10.6 Å². The molecule has 7 heteroatoms. The van der Waals surface area contributed by atoms with E-state index in [1.165, 1.54) is 0 Å². The van der Waals surface area contributed by atoms with Crippen molar-refractivity contribution in [3.8, 4) is 0 Å². The van der Waals surface area contributed by atoms with E-state index in [0.717, 1.165) is 3.57 Å². The molecule has 1 aliphatic rings. The van der Waals surface area contributed by atoms with Crippen LogP contribution in [0.2, 0.25) is 5.02 Å². The van der Waals surface area contributed by atoms with E-state index >= 15 is 0 Å². The van der Waals surface area contributed by atoms with Crippen LogP contribution in [0.25, 0.3) is 0 Å². The predicted octanol–water partition coefficient (Wildman–Crippen LogP) is 1.10. The Morgan fingerprint density at radius 3 is 2.90 bits per heavy atom. The molecule has 1 heterocycles. The summed E-state index contributed by atoms with van der Waals surface area (Å²) < 4.78 is 0.893. The minimum absolute atomic E-state index is 0.165. The van der Waals surface area contributed by atoms with Crippen LogP contribution in [0.1, 0.15) is 10.4 Å². The lowest BCUT2D eigenvalue weighted by Crippen LogP contribution is -2.59. The molecule has 1 aromatic carbocycles. The second-order valence-electron chi connectivity index (χ2n) is 4.46. The lowest BCUT2D eigenvalue weighted by Gasteiger charge is -2.35. The number of hydrogen-bond acceptors (Lipinski definition) is 3. The number of amides is 2. The van der Waals surface area contributed by atoms with Crippen molar-refractivity contribution in [1.29, 1.82) is 0 Å². The number of carbonyl (C=O) groups excluding carboxylic acids is 2. The van der Waals surface area contributed by atoms with Gasteiger partial charge in [-0.1, -0.05) is 11.6 Å². The molecule has 5 nitrogen and oxygen atoms in total. The summed E-state index contributed by atoms with van der Waals surface area (Å²) in [6, 6.07) is 4.69. The molecule has 0 aromatic heterocycles. The summed E-state index contributed by atoms with van der Waals surface area (Å²) in [5.74, 6) is -0.333. The van der Waals surface area contributed by atoms with Gasteiger partial charge in [-0.15, -0.1) is 0 Å². The summed E-state index contributed by atoms with van der Waals surface area (Å²) in [6.45, 7) is 1.64. The lowest BCUT2D eigenvalue weighted by atomic mass is 10.1. The van der Waals surface area contributed by atoms with E-state index in [1.54, 1.807) is 30.1 Å². The highest BCUT2D eigenvalue weighted by atomic mass is 127. The first kappa shape index (κ1) is 15.5. The molecule has 1 unspecified atom stereocenters. The summed E-state index contributed by atoms with van der Waals surface area (Å²) in [7, 11) is 1.57. The maximum Gasteiger partial charge on any atom is 0.254 e. The molecule has 0 spiro atoms. The molecule has 0 bridgehead atoms. The van der Waals surface area contributed by atoms with Crippen molar-refractivity contribution >= 4 is 46.0 Å². The SMILES string of the molecule is CNC(=O)C1CNCCN1C(=O)c1ccc(I)c(Cl)c1. The van der Waals surface area contributed by atoms with E-state index < -0.39 is 6.04 Å². The summed E-state index contributed by atoms with van der Waals surface area (Å²) in [6.07, 6.45) is 0. The summed E-state index contributed by atoms with van der Waals surface area (Å²) in [4.78, 5) is 26.0. The van der Waals surface area contributed by atoms with Crippen LogP contribution in [0.4, 0.5) is 0 Å². The fourth-order valence-electron chi connectivity index (χ4n) is 2.14. The first-order chi connectivity index (χ1) is 9.54. The zero-order valence-corrected chi connectivity index (χ0v) is 13.9. The molecule has 1 fully saturated rings. The summed E-state index contributed by atoms with van der Waals surface area (Å²) >= 11 is 8.16. The molecule has 1 atom stereocenters. The Labute approximate surface area is 136 Å². The fourth-order valence-corrected chi connectivity index (χ4v) is 2.66. The Morgan fingerprint density at radius 1 is 1.50 bits per heavy atom. The molecule has 1 saturated heterocycles. The van der Waals surface area contributed by atoms with Crippen molar-refractivity contribution in [2.75, 3.05) is 26.7 Å². The molecule has 0 aliphatic carbocycles. The Kier molecular flexibility index (Phi) is 5.22. The Balaban J connectivity index is 2.25. The van der Waals surface area contributed by atoms with Gasteiger partial charge in [-0.25, -0.2) is 0 Å². The van der Waals surface area contributed by atoms with Crippen LogP contribution in [0.15, 0.2) is 18.2 Å². The molecule has 108 valence electrons. The number of carbonyl (C=O) groups is 2. The molecular weight excluding hydrogens is 393 g/mol. The van der Waals surface area contributed by atoms with E-state index in [-0.39, 0.29) is 11.8 Å². The van der Waals surface area contributed by atoms with Crippen molar-refractivity contribution in [3.63, 3.8) is 0 Å². The van der Waals surface area contributed by atoms with Gasteiger partial charge < -0.3 is 15.5 Å². The van der Waals surface area contributed by atoms with Gasteiger partial charge in [0.15, 0.2) is 0 Å². The van der Waals surface area contributed by atoms with E-state index in [4.69, 9.17) is 11.6 Å². The Hall–Kier alpha value is -0.860. The quantitative estimate of drug-likeness (QED) is 0.722. The normalized spacial score (nSPS) is 18.8. The van der Waals surface area contributed by atoms with Gasteiger partial charge in [-0.2, -0.15) is 0 Å². The van der Waals surface area contributed by atoms with Crippen molar-refractivity contribution < 1.29 is 9.59 Å². The van der Waals surface area contributed by atoms with Gasteiger partial charge in [0.05, 0.1) is 5.02 Å². The average Bonchev–Trinajstić information content (AvgIpc) is 2.48. The molecule has 20 heavy (non-hydrogen) atoms. The van der Waals surface area contributed by atoms with Gasteiger partial charge in [0.1, 0.15) is 6.04 Å². The third-order valence-electron chi connectivity index (χ3n) is 3.22. The van der Waals surface area contributed by atoms with Crippen molar-refractivity contribution in [3.05, 3.63) is 32.4 Å². The van der Waals surface area contributed by atoms with Gasteiger partial charge in [-0.05, 0) is 40.8 Å². The molecule has 1 aliphatic heterocycles. The van der Waals surface area contributed by atoms with Gasteiger partial charge in [0.25, 0.3) is 5.91 Å². The molecule has 2 amide bonds. The minimum Gasteiger partial charge on any atom is -0.357 e. The molecule has 1 aromatic rings. The number of likely N-dealkylation sites (N-methyl/N-ethyl adjacent to an activating group) is 1. The van der Waals surface area contributed by atoms with E-state index in [0.29, 0.717) is 30.2 Å². The summed E-state index contributed by atoms with van der Waals surface area (Å²) in [5.41, 5.74) is 0.506. The van der Waals surface area contributed by atoms with E-state index in [2.05, 4.69) is 33.2 Å². The van der Waals surface area contributed by atoms with Gasteiger partial charge in [0, 0.05) is 35.8 Å². The standard InChI is InChI=1S/C13H15ClIN3O2/c1-16-12(19)11-7-17-4-5-18(11)13(20)8-2-3-10(15)9(14)6-8/h2-3,6,11,17H,4-5,7H2,1H3,(H,16,19). The van der Waals surface area contributed by atoms with E-state index in [1.807, 2.05) is 0 Å². The zero-order valence-electron chi connectivity index (χ0n) is 11.0. The maximum atomic E-state index is 12.6. The second kappa shape index (κ2) is 6.73. The van der Waals surface area contributed by atoms with Crippen LogP contribution in [-0.2, 0) is 4.79 Å². The smallest absolute Gasteiger partial charge is 0.254 e. The number of nitrogens with zero attached hydrogens (tertiary/aromatic N) is 1. The van der Waals surface area contributed by atoms with Crippen molar-refractivity contribution in [1.82, 2.24) is 15.5 Å². The minimum atomic E-state index is -0.487. The number of rotatable bonds is 2. The lowest BCUT2D eigenvalue weighted by molar-refractivity contribution is -0.125. The van der Waals surface area contributed by atoms with Crippen LogP contribution >= 0.6 is 34.2 Å². The van der Waals surface area contributed by atoms with Gasteiger partial charge in [-0.3, -0.25) is 9.59 Å². The van der Waals surface area contributed by atoms with Crippen LogP contribution in [0.3, 0.4) is 0 Å². The number of halogens is 2. The van der Waals surface area contributed by atoms with Gasteiger partial charge in [0.2, 0.25) is 5.91 Å². The number of hydrogen-bond donors (Lipinski definition) is 2. The fraction of sp³-hybridized carbons (Fsp3) is 0.385. The second-order valence-corrected chi connectivity index (χ2v) is 6.03. The van der Waals surface area contributed by atoms with Gasteiger partial charge >= 0.3 is 0 Å². The monoisotopic (exact) mass is 407 g/mol. The highest BCUT2D eigenvalue weighted by Crippen LogP contribution is 2.21. The average molecular weight is 408 g/mol. The van der Waals surface area contributed by atoms with Crippen LogP contribution in [0.5, 0.6) is 0 Å². The highest BCUT2D eigenvalue weighted by Gasteiger charge is 2.32. The topological polar surface area (TPSA) is 61.4 Å². The van der Waals surface area contributed by atoms with Crippen LogP contribution in [-0.4, -0.2) is 49.4 Å². The number of piperazine rings is 1. The molecule has 0 radical (unpaired) electrons. The molecular formula is C13H15ClIN3O2. The third-order valence-corrected chi connectivity index (χ3v) is 4.79. The predicted molar refractivity (Wildman–Crippen MR) is 85.9 cm³/mol. The molecule has 2 rings (SSSR count). The summed E-state index contributed by atoms with van der Waals surface area (Å²) in [5, 5.41) is 6.26. The molecule has 0 saturated carbocycles. The van der Waals surface area contributed by atoms with E-state index in [9.17, 15) is 9.59 Å². The first-order valence-electron chi connectivity index (χ1n) is 6.23. The maximum absolute atomic E-state index is 12.6. The first-order valence-corrected chi connectivity index (χ1v) is 7.68. The van der Waals surface area contributed by atoms with Crippen molar-refractivity contribution in [2.24, 2.45) is 0 Å². The highest BCUT2D eigenvalue weighted by molar-refractivity contribution is 14.1. The number of nitrogens with one attached hydrogen (secondary N) is 2. The number of benzene rings is 1. The van der Waals surface area contributed by atoms with Crippen LogP contribution in [0, 0.1) is 3.57 Å². The third kappa shape index (κ3) is 3.24. The molecule has 2 N–H and O–H groups in total. The Bertz CT molecular complexity index is 538. The Morgan fingerprint density at radius 2 is 2.25 bits per heavy atom.